The van der Waals surface area contributed by atoms with Crippen molar-refractivity contribution in [3.8, 4) is 0 Å². The van der Waals surface area contributed by atoms with Crippen LogP contribution < -0.4 is 10.2 Å². The van der Waals surface area contributed by atoms with E-state index in [0.717, 1.165) is 37.9 Å². The Balaban J connectivity index is 1.49. The first-order valence-electron chi connectivity index (χ1n) is 7.37. The van der Waals surface area contributed by atoms with E-state index in [1.54, 1.807) is 4.88 Å². The topological polar surface area (TPSA) is 28.2 Å². The van der Waals surface area contributed by atoms with Crippen LogP contribution in [0.2, 0.25) is 0 Å². The van der Waals surface area contributed by atoms with Gasteiger partial charge in [-0.2, -0.15) is 0 Å². The second kappa shape index (κ2) is 5.19. The molecule has 0 amide bonds. The fourth-order valence-corrected chi connectivity index (χ4v) is 3.63. The lowest BCUT2D eigenvalue weighted by molar-refractivity contribution is 0.684. The minimum absolute atomic E-state index is 0.759. The standard InChI is InChI=1S/C16H19N3S/c1-2-14(1)18-10-12-3-6-17-16(9-12)19-7-4-15-13(11-19)5-8-20-15/h3,5-6,8-9,14,18H,1-2,4,7,10-11H2. The fourth-order valence-electron chi connectivity index (χ4n) is 2.74. The SMILES string of the molecule is c1cc(CNC2CC2)cc(N2CCc3sccc3C2)n1. The van der Waals surface area contributed by atoms with E-state index in [-0.39, 0.29) is 0 Å². The van der Waals surface area contributed by atoms with Crippen molar-refractivity contribution in [2.45, 2.75) is 38.4 Å². The Morgan fingerprint density at radius 1 is 1.35 bits per heavy atom. The molecule has 4 heteroatoms. The molecule has 1 saturated carbocycles. The van der Waals surface area contributed by atoms with Gasteiger partial charge >= 0.3 is 0 Å². The van der Waals surface area contributed by atoms with E-state index in [1.807, 2.05) is 17.5 Å². The number of nitrogens with one attached hydrogen (secondary N) is 1. The van der Waals surface area contributed by atoms with Crippen molar-refractivity contribution in [2.24, 2.45) is 0 Å². The van der Waals surface area contributed by atoms with Crippen LogP contribution in [0.4, 0.5) is 5.82 Å². The van der Waals surface area contributed by atoms with Gasteiger partial charge in [0.25, 0.3) is 0 Å². The van der Waals surface area contributed by atoms with E-state index < -0.39 is 0 Å². The zero-order valence-electron chi connectivity index (χ0n) is 11.5. The number of anilines is 1. The molecule has 1 N–H and O–H groups in total. The third-order valence-corrected chi connectivity index (χ3v) is 5.14. The van der Waals surface area contributed by atoms with Crippen LogP contribution in [0.15, 0.2) is 29.8 Å². The van der Waals surface area contributed by atoms with E-state index in [9.17, 15) is 0 Å². The van der Waals surface area contributed by atoms with Gasteiger partial charge in [-0.3, -0.25) is 0 Å². The van der Waals surface area contributed by atoms with Crippen LogP contribution >= 0.6 is 11.3 Å². The third-order valence-electron chi connectivity index (χ3n) is 4.11. The predicted octanol–water partition coefficient (Wildman–Crippen LogP) is 2.96. The molecule has 0 radical (unpaired) electrons. The summed E-state index contributed by atoms with van der Waals surface area (Å²) >= 11 is 1.89. The molecular weight excluding hydrogens is 266 g/mol. The number of rotatable bonds is 4. The van der Waals surface area contributed by atoms with Crippen LogP contribution in [-0.4, -0.2) is 17.6 Å². The number of hydrogen-bond acceptors (Lipinski definition) is 4. The first-order chi connectivity index (χ1) is 9.88. The monoisotopic (exact) mass is 285 g/mol. The summed E-state index contributed by atoms with van der Waals surface area (Å²) in [6, 6.07) is 7.38. The molecule has 0 spiro atoms. The maximum atomic E-state index is 4.56. The molecule has 2 aromatic heterocycles. The Morgan fingerprint density at radius 3 is 3.20 bits per heavy atom. The summed E-state index contributed by atoms with van der Waals surface area (Å²) in [5.74, 6) is 1.12. The number of hydrogen-bond donors (Lipinski definition) is 1. The maximum Gasteiger partial charge on any atom is 0.129 e. The van der Waals surface area contributed by atoms with E-state index >= 15 is 0 Å². The second-order valence-electron chi connectivity index (χ2n) is 5.72. The predicted molar refractivity (Wildman–Crippen MR) is 83.2 cm³/mol. The van der Waals surface area contributed by atoms with Gasteiger partial charge in [-0.1, -0.05) is 0 Å². The number of thiophene rings is 1. The van der Waals surface area contributed by atoms with Gasteiger partial charge in [-0.15, -0.1) is 11.3 Å². The van der Waals surface area contributed by atoms with Gasteiger partial charge < -0.3 is 10.2 Å². The van der Waals surface area contributed by atoms with E-state index in [0.29, 0.717) is 0 Å². The first kappa shape index (κ1) is 12.4. The summed E-state index contributed by atoms with van der Waals surface area (Å²) in [5.41, 5.74) is 2.82. The largest absolute Gasteiger partial charge is 0.352 e. The van der Waals surface area contributed by atoms with Crippen molar-refractivity contribution >= 4 is 17.2 Å². The summed E-state index contributed by atoms with van der Waals surface area (Å²) in [6.07, 6.45) is 5.78. The maximum absolute atomic E-state index is 4.56. The van der Waals surface area contributed by atoms with Crippen LogP contribution in [0.3, 0.4) is 0 Å². The molecule has 2 aromatic rings. The van der Waals surface area contributed by atoms with Gasteiger partial charge in [0.15, 0.2) is 0 Å². The van der Waals surface area contributed by atoms with E-state index in [4.69, 9.17) is 0 Å². The van der Waals surface area contributed by atoms with Crippen molar-refractivity contribution in [2.75, 3.05) is 11.4 Å². The molecule has 2 aliphatic rings. The van der Waals surface area contributed by atoms with Crippen molar-refractivity contribution in [3.63, 3.8) is 0 Å². The Kier molecular flexibility index (Phi) is 3.20. The van der Waals surface area contributed by atoms with Crippen molar-refractivity contribution in [1.82, 2.24) is 10.3 Å². The molecule has 1 aliphatic heterocycles. The molecule has 1 fully saturated rings. The highest BCUT2D eigenvalue weighted by molar-refractivity contribution is 7.10. The molecule has 3 heterocycles. The summed E-state index contributed by atoms with van der Waals surface area (Å²) in [6.45, 7) is 3.06. The van der Waals surface area contributed by atoms with Gasteiger partial charge in [0, 0.05) is 36.8 Å². The minimum Gasteiger partial charge on any atom is -0.352 e. The first-order valence-corrected chi connectivity index (χ1v) is 8.25. The van der Waals surface area contributed by atoms with Crippen LogP contribution in [0.5, 0.6) is 0 Å². The Morgan fingerprint density at radius 2 is 2.30 bits per heavy atom. The van der Waals surface area contributed by atoms with Gasteiger partial charge in [-0.25, -0.2) is 4.98 Å². The van der Waals surface area contributed by atoms with Gasteiger partial charge in [-0.05, 0) is 54.0 Å². The molecule has 1 aliphatic carbocycles. The highest BCUT2D eigenvalue weighted by atomic mass is 32.1. The van der Waals surface area contributed by atoms with Crippen LogP contribution in [0, 0.1) is 0 Å². The normalized spacial score (nSPS) is 18.1. The average molecular weight is 285 g/mol. The zero-order chi connectivity index (χ0) is 13.4. The summed E-state index contributed by atoms with van der Waals surface area (Å²) in [4.78, 5) is 8.51. The molecule has 104 valence electrons. The molecule has 0 aromatic carbocycles. The molecule has 4 rings (SSSR count). The molecule has 0 unspecified atom stereocenters. The van der Waals surface area contributed by atoms with Crippen molar-refractivity contribution in [3.05, 3.63) is 45.8 Å². The van der Waals surface area contributed by atoms with E-state index in [1.165, 1.54) is 24.0 Å². The quantitative estimate of drug-likeness (QED) is 0.936. The highest BCUT2D eigenvalue weighted by Gasteiger charge is 2.21. The van der Waals surface area contributed by atoms with Crippen LogP contribution in [0.25, 0.3) is 0 Å². The second-order valence-corrected chi connectivity index (χ2v) is 6.72. The van der Waals surface area contributed by atoms with Gasteiger partial charge in [0.2, 0.25) is 0 Å². The molecule has 20 heavy (non-hydrogen) atoms. The van der Waals surface area contributed by atoms with Crippen molar-refractivity contribution < 1.29 is 0 Å². The average Bonchev–Trinajstić information content (AvgIpc) is 3.20. The summed E-state index contributed by atoms with van der Waals surface area (Å²) in [7, 11) is 0. The summed E-state index contributed by atoms with van der Waals surface area (Å²) in [5, 5.41) is 5.78. The van der Waals surface area contributed by atoms with Crippen molar-refractivity contribution in [1.29, 1.82) is 0 Å². The summed E-state index contributed by atoms with van der Waals surface area (Å²) < 4.78 is 0. The molecule has 3 nitrogen and oxygen atoms in total. The lowest BCUT2D eigenvalue weighted by Gasteiger charge is -2.28. The number of aromatic nitrogens is 1. The number of nitrogens with zero attached hydrogens (tertiary/aromatic N) is 2. The minimum atomic E-state index is 0.759. The fraction of sp³-hybridized carbons (Fsp3) is 0.438. The molecule has 0 saturated heterocycles. The smallest absolute Gasteiger partial charge is 0.129 e. The lowest BCUT2D eigenvalue weighted by atomic mass is 10.1. The molecule has 0 bridgehead atoms. The highest BCUT2D eigenvalue weighted by Crippen LogP contribution is 2.27. The Hall–Kier alpha value is -1.39. The Bertz CT molecular complexity index is 603. The van der Waals surface area contributed by atoms with Gasteiger partial charge in [0.1, 0.15) is 5.82 Å². The molecular formula is C16H19N3S. The van der Waals surface area contributed by atoms with Crippen LogP contribution in [0.1, 0.15) is 28.8 Å². The van der Waals surface area contributed by atoms with E-state index in [2.05, 4.69) is 38.8 Å². The lowest BCUT2D eigenvalue weighted by Crippen LogP contribution is -2.30. The third kappa shape index (κ3) is 2.58. The molecule has 0 atom stereocenters. The number of pyridine rings is 1. The Labute approximate surface area is 123 Å². The zero-order valence-corrected chi connectivity index (χ0v) is 12.3. The van der Waals surface area contributed by atoms with Crippen LogP contribution in [-0.2, 0) is 19.5 Å². The van der Waals surface area contributed by atoms with Gasteiger partial charge in [0.05, 0.1) is 0 Å². The number of fused-ring (bicyclic) bond motifs is 1.